The van der Waals surface area contributed by atoms with E-state index in [1.54, 1.807) is 18.6 Å². The molecule has 0 amide bonds. The fourth-order valence-corrected chi connectivity index (χ4v) is 3.93. The van der Waals surface area contributed by atoms with Crippen molar-refractivity contribution in [2.75, 3.05) is 44.3 Å². The van der Waals surface area contributed by atoms with Crippen LogP contribution in [0.25, 0.3) is 17.2 Å². The molecular weight excluding hydrogens is 473 g/mol. The molecule has 2 fully saturated rings. The van der Waals surface area contributed by atoms with Crippen LogP contribution in [0.3, 0.4) is 0 Å². The quantitative estimate of drug-likeness (QED) is 0.456. The Morgan fingerprint density at radius 3 is 2.36 bits per heavy atom. The zero-order valence-electron chi connectivity index (χ0n) is 20.2. The number of H-pyrrole nitrogens is 1. The normalized spacial score (nSPS) is 16.5. The first-order valence-corrected chi connectivity index (χ1v) is 11.9. The van der Waals surface area contributed by atoms with Crippen LogP contribution in [0.2, 0.25) is 0 Å². The summed E-state index contributed by atoms with van der Waals surface area (Å²) in [7, 11) is 0. The predicted octanol–water partition coefficient (Wildman–Crippen LogP) is 3.77. The Kier molecular flexibility index (Phi) is 8.16. The van der Waals surface area contributed by atoms with Crippen LogP contribution in [-0.4, -0.2) is 79.9 Å². The van der Waals surface area contributed by atoms with Gasteiger partial charge in [-0.2, -0.15) is 18.3 Å². The molecule has 0 atom stereocenters. The van der Waals surface area contributed by atoms with Gasteiger partial charge in [-0.1, -0.05) is 13.8 Å². The number of rotatable bonds is 3. The number of aromatic amines is 1. The smallest absolute Gasteiger partial charge is 0.378 e. The molecule has 2 aliphatic rings. The van der Waals surface area contributed by atoms with Gasteiger partial charge < -0.3 is 9.64 Å². The van der Waals surface area contributed by atoms with Gasteiger partial charge in [0, 0.05) is 51.0 Å². The van der Waals surface area contributed by atoms with Gasteiger partial charge in [0.2, 0.25) is 0 Å². The number of piperazine rings is 1. The van der Waals surface area contributed by atoms with E-state index < -0.39 is 11.7 Å². The van der Waals surface area contributed by atoms with Crippen LogP contribution in [0.15, 0.2) is 55.2 Å². The molecule has 192 valence electrons. The summed E-state index contributed by atoms with van der Waals surface area (Å²) in [5.74, 6) is 1.12. The monoisotopic (exact) mass is 502 g/mol. The maximum Gasteiger partial charge on any atom is 0.417 e. The van der Waals surface area contributed by atoms with Crippen molar-refractivity contribution < 1.29 is 17.9 Å². The summed E-state index contributed by atoms with van der Waals surface area (Å²) in [6.07, 6.45) is 3.21. The van der Waals surface area contributed by atoms with Gasteiger partial charge in [-0.25, -0.2) is 15.0 Å². The van der Waals surface area contributed by atoms with Gasteiger partial charge in [-0.05, 0) is 24.3 Å². The number of ether oxygens (including phenoxy) is 1. The van der Waals surface area contributed by atoms with Crippen LogP contribution >= 0.6 is 0 Å². The van der Waals surface area contributed by atoms with Crippen molar-refractivity contribution in [1.29, 1.82) is 0 Å². The number of anilines is 1. The number of alkyl halides is 3. The van der Waals surface area contributed by atoms with E-state index in [9.17, 15) is 13.2 Å². The molecule has 2 aliphatic heterocycles. The number of hydrogen-bond acceptors (Lipinski definition) is 7. The zero-order chi connectivity index (χ0) is 25.5. The van der Waals surface area contributed by atoms with Gasteiger partial charge in [-0.15, -0.1) is 0 Å². The van der Waals surface area contributed by atoms with Crippen molar-refractivity contribution in [2.45, 2.75) is 26.1 Å². The van der Waals surface area contributed by atoms with Crippen molar-refractivity contribution in [1.82, 2.24) is 34.4 Å². The van der Waals surface area contributed by atoms with Crippen LogP contribution < -0.4 is 4.90 Å². The second-order valence-corrected chi connectivity index (χ2v) is 8.01. The standard InChI is InChI=1S/C19H19F3N6O.C3H4N2.C2H6/c20-19(21,22)13-1-2-16-24-9-15(28(16)10-13)18-23-4-3-17(25-18)27-7-5-26(6-8-27)14-11-29-12-14;1-2-4-5-3-1;1-2/h1-4,9-10,14H,5-8,11-12H2;1-3H,(H,4,5);1-2H3. The number of nitrogens with zero attached hydrogens (tertiary/aromatic N) is 7. The van der Waals surface area contributed by atoms with Crippen LogP contribution in [0.4, 0.5) is 19.0 Å². The first kappa shape index (κ1) is 25.6. The Bertz CT molecular complexity index is 1200. The molecule has 0 radical (unpaired) electrons. The highest BCUT2D eigenvalue weighted by molar-refractivity contribution is 5.59. The van der Waals surface area contributed by atoms with Gasteiger partial charge in [0.05, 0.1) is 31.0 Å². The van der Waals surface area contributed by atoms with E-state index in [-0.39, 0.29) is 0 Å². The first-order valence-electron chi connectivity index (χ1n) is 11.9. The van der Waals surface area contributed by atoms with Crippen molar-refractivity contribution in [3.63, 3.8) is 0 Å². The van der Waals surface area contributed by atoms with Gasteiger partial charge in [0.1, 0.15) is 17.2 Å². The minimum Gasteiger partial charge on any atom is -0.378 e. The number of hydrogen-bond donors (Lipinski definition) is 1. The average Bonchev–Trinajstić information content (AvgIpc) is 3.58. The fourth-order valence-electron chi connectivity index (χ4n) is 3.93. The lowest BCUT2D eigenvalue weighted by molar-refractivity contribution is -0.137. The Balaban J connectivity index is 0.000000383. The van der Waals surface area contributed by atoms with Gasteiger partial charge in [0.25, 0.3) is 0 Å². The third kappa shape index (κ3) is 5.82. The van der Waals surface area contributed by atoms with Crippen LogP contribution in [-0.2, 0) is 10.9 Å². The molecule has 4 aromatic heterocycles. The highest BCUT2D eigenvalue weighted by atomic mass is 19.4. The summed E-state index contributed by atoms with van der Waals surface area (Å²) in [6.45, 7) is 9.12. The Hall–Kier alpha value is -3.51. The minimum absolute atomic E-state index is 0.351. The molecule has 6 rings (SSSR count). The predicted molar refractivity (Wildman–Crippen MR) is 130 cm³/mol. The van der Waals surface area contributed by atoms with E-state index >= 15 is 0 Å². The van der Waals surface area contributed by atoms with E-state index in [4.69, 9.17) is 4.74 Å². The third-order valence-electron chi connectivity index (χ3n) is 5.88. The highest BCUT2D eigenvalue weighted by Crippen LogP contribution is 2.30. The van der Waals surface area contributed by atoms with Crippen molar-refractivity contribution >= 4 is 11.5 Å². The maximum absolute atomic E-state index is 13.1. The highest BCUT2D eigenvalue weighted by Gasteiger charge is 2.31. The summed E-state index contributed by atoms with van der Waals surface area (Å²) in [5, 5.41) is 6.21. The molecule has 0 aromatic carbocycles. The van der Waals surface area contributed by atoms with Crippen molar-refractivity contribution in [3.05, 3.63) is 60.8 Å². The molecule has 0 spiro atoms. The number of fused-ring (bicyclic) bond motifs is 1. The van der Waals surface area contributed by atoms with E-state index in [1.165, 1.54) is 16.7 Å². The Labute approximate surface area is 206 Å². The summed E-state index contributed by atoms with van der Waals surface area (Å²) < 4.78 is 45.9. The topological polar surface area (TPSA) is 87.5 Å². The molecule has 0 bridgehead atoms. The number of imidazole rings is 1. The number of aromatic nitrogens is 6. The molecule has 12 heteroatoms. The fraction of sp³-hybridized carbons (Fsp3) is 0.417. The van der Waals surface area contributed by atoms with Gasteiger partial charge in [-0.3, -0.25) is 14.4 Å². The number of nitrogens with one attached hydrogen (secondary N) is 1. The van der Waals surface area contributed by atoms with Crippen LogP contribution in [0, 0.1) is 0 Å². The van der Waals surface area contributed by atoms with Crippen LogP contribution in [0.1, 0.15) is 19.4 Å². The molecule has 36 heavy (non-hydrogen) atoms. The first-order chi connectivity index (χ1) is 17.5. The summed E-state index contributed by atoms with van der Waals surface area (Å²) in [4.78, 5) is 17.7. The molecule has 1 N–H and O–H groups in total. The third-order valence-corrected chi connectivity index (χ3v) is 5.88. The minimum atomic E-state index is -4.43. The van der Waals surface area contributed by atoms with E-state index in [1.807, 2.05) is 26.0 Å². The second-order valence-electron chi connectivity index (χ2n) is 8.01. The van der Waals surface area contributed by atoms with Crippen LogP contribution in [0.5, 0.6) is 0 Å². The summed E-state index contributed by atoms with van der Waals surface area (Å²) in [6, 6.07) is 6.55. The van der Waals surface area contributed by atoms with E-state index in [0.717, 1.165) is 57.5 Å². The van der Waals surface area contributed by atoms with Gasteiger partial charge >= 0.3 is 6.18 Å². The molecule has 2 saturated heterocycles. The number of pyridine rings is 1. The average molecular weight is 503 g/mol. The largest absolute Gasteiger partial charge is 0.417 e. The van der Waals surface area contributed by atoms with Gasteiger partial charge in [0.15, 0.2) is 5.82 Å². The lowest BCUT2D eigenvalue weighted by Gasteiger charge is -2.42. The second kappa shape index (κ2) is 11.5. The summed E-state index contributed by atoms with van der Waals surface area (Å²) in [5.41, 5.74) is 0.105. The molecule has 0 aliphatic carbocycles. The Morgan fingerprint density at radius 1 is 1.00 bits per heavy atom. The zero-order valence-corrected chi connectivity index (χ0v) is 20.2. The summed E-state index contributed by atoms with van der Waals surface area (Å²) >= 11 is 0. The lowest BCUT2D eigenvalue weighted by Crippen LogP contribution is -2.56. The Morgan fingerprint density at radius 2 is 1.78 bits per heavy atom. The molecule has 6 heterocycles. The lowest BCUT2D eigenvalue weighted by atomic mass is 10.2. The number of halogens is 3. The van der Waals surface area contributed by atoms with E-state index in [0.29, 0.717) is 23.2 Å². The maximum atomic E-state index is 13.1. The van der Waals surface area contributed by atoms with Crippen molar-refractivity contribution in [3.8, 4) is 11.5 Å². The SMILES string of the molecule is CC.FC(F)(F)c1ccc2ncc(-c3nccc(N4CCN(C5COC5)CC4)n3)n2c1.c1cn[nH]c1. The molecular formula is C24H29F3N8O. The molecule has 9 nitrogen and oxygen atoms in total. The van der Waals surface area contributed by atoms with Crippen molar-refractivity contribution in [2.24, 2.45) is 0 Å². The molecule has 4 aromatic rings. The van der Waals surface area contributed by atoms with E-state index in [2.05, 4.69) is 34.9 Å². The molecule has 0 saturated carbocycles. The molecule has 0 unspecified atom stereocenters.